The molecule has 0 saturated carbocycles. The summed E-state index contributed by atoms with van der Waals surface area (Å²) in [6.45, 7) is 25.1. The number of rotatable bonds is 8. The maximum Gasteiger partial charge on any atom is 2.00 e. The molecule has 4 aromatic rings. The summed E-state index contributed by atoms with van der Waals surface area (Å²) in [5.41, 5.74) is 4.35. The van der Waals surface area contributed by atoms with Crippen LogP contribution in [0.25, 0.3) is 0 Å². The van der Waals surface area contributed by atoms with Crippen LogP contribution in [0.2, 0.25) is 0 Å². The van der Waals surface area contributed by atoms with Crippen molar-refractivity contribution in [3.8, 4) is 23.0 Å². The van der Waals surface area contributed by atoms with E-state index in [2.05, 4.69) is 83.1 Å². The summed E-state index contributed by atoms with van der Waals surface area (Å²) in [6, 6.07) is 27.9. The molecule has 8 nitrogen and oxygen atoms in total. The summed E-state index contributed by atoms with van der Waals surface area (Å²) < 4.78 is 44.4. The van der Waals surface area contributed by atoms with Crippen LogP contribution in [0, 0.1) is 0 Å². The van der Waals surface area contributed by atoms with Crippen LogP contribution in [0.15, 0.2) is 97.1 Å². The average molecular weight is 763 g/mol. The zero-order chi connectivity index (χ0) is 37.8. The van der Waals surface area contributed by atoms with Crippen molar-refractivity contribution in [2.75, 3.05) is 0 Å². The summed E-state index contributed by atoms with van der Waals surface area (Å²) in [4.78, 5) is 24.2. The Morgan fingerprint density at radius 2 is 0.490 bits per heavy atom. The maximum absolute atomic E-state index is 12.1. The molecule has 0 spiro atoms. The first kappa shape index (κ1) is 44.9. The van der Waals surface area contributed by atoms with Crippen molar-refractivity contribution < 1.29 is 37.0 Å². The molecule has 0 unspecified atom stereocenters. The van der Waals surface area contributed by atoms with Gasteiger partial charge in [-0.1, -0.05) is 132 Å². The van der Waals surface area contributed by atoms with Gasteiger partial charge < -0.3 is 27.9 Å². The molecule has 51 heavy (non-hydrogen) atoms. The number of hydrogen-bond donors (Lipinski definition) is 0. The van der Waals surface area contributed by atoms with Gasteiger partial charge in [0.1, 0.15) is 23.0 Å². The molecule has 0 aliphatic heterocycles. The van der Waals surface area contributed by atoms with E-state index in [0.29, 0.717) is 0 Å². The third-order valence-electron chi connectivity index (χ3n) is 7.75. The van der Waals surface area contributed by atoms with E-state index >= 15 is 0 Å². The molecule has 0 N–H and O–H groups in total. The minimum atomic E-state index is -4.50. The first-order chi connectivity index (χ1) is 22.7. The Morgan fingerprint density at radius 1 is 0.353 bits per heavy atom. The Labute approximate surface area is 335 Å². The molecule has 0 amide bonds. The van der Waals surface area contributed by atoms with Gasteiger partial charge in [-0.05, 0) is 92.4 Å². The molecule has 0 atom stereocenters. The zero-order valence-electron chi connectivity index (χ0n) is 32.1. The van der Waals surface area contributed by atoms with Crippen molar-refractivity contribution >= 4 is 53.4 Å². The van der Waals surface area contributed by atoms with Gasteiger partial charge in [0, 0.05) is 0 Å². The number of hydrogen-bond acceptors (Lipinski definition) is 8. The monoisotopic (exact) mass is 762 g/mol. The quantitative estimate of drug-likeness (QED) is 0.129. The van der Waals surface area contributed by atoms with Crippen LogP contribution in [0.3, 0.4) is 0 Å². The molecule has 0 fully saturated rings. The largest absolute Gasteiger partial charge is 2.00 e. The summed E-state index contributed by atoms with van der Waals surface area (Å²) >= 11 is 0. The molecule has 0 heterocycles. The van der Waals surface area contributed by atoms with Gasteiger partial charge in [0.05, 0.1) is 0 Å². The van der Waals surface area contributed by atoms with Crippen molar-refractivity contribution in [1.82, 2.24) is 0 Å². The maximum atomic E-state index is 12.1. The summed E-state index contributed by atoms with van der Waals surface area (Å²) in [5.74, 6) is 0.936. The third-order valence-corrected chi connectivity index (χ3v) is 9.49. The van der Waals surface area contributed by atoms with E-state index in [1.165, 1.54) is 0 Å². The van der Waals surface area contributed by atoms with Crippen molar-refractivity contribution in [3.05, 3.63) is 119 Å². The van der Waals surface area contributed by atoms with Gasteiger partial charge in [-0.25, -0.2) is 9.13 Å². The first-order valence-corrected chi connectivity index (χ1v) is 19.5. The fourth-order valence-corrected chi connectivity index (χ4v) is 6.21. The van der Waals surface area contributed by atoms with E-state index in [4.69, 9.17) is 18.1 Å². The van der Waals surface area contributed by atoms with Gasteiger partial charge in [0.25, 0.3) is 0 Å². The van der Waals surface area contributed by atoms with Crippen molar-refractivity contribution in [2.24, 2.45) is 0 Å². The van der Waals surface area contributed by atoms with Crippen molar-refractivity contribution in [2.45, 2.75) is 105 Å². The Morgan fingerprint density at radius 3 is 0.608 bits per heavy atom. The standard InChI is InChI=1S/2C20H27O4P.Ca/c2*1-19(2,3)15-7-11-17(12-8-15)23-25(21,22)24-18-13-9-16(10-14-18)20(4,5)6;/h2*7-14H,1-6H3,(H,21,22);/q;;+2/p-2. The molecular formula is C40H52CaO8P2. The first-order valence-electron chi connectivity index (χ1n) is 16.6. The molecule has 11 heteroatoms. The van der Waals surface area contributed by atoms with Gasteiger partial charge in [0.15, 0.2) is 0 Å². The van der Waals surface area contributed by atoms with Crippen LogP contribution < -0.4 is 27.9 Å². The molecule has 0 aromatic heterocycles. The molecule has 0 radical (unpaired) electrons. The van der Waals surface area contributed by atoms with Crippen LogP contribution in [0.4, 0.5) is 0 Å². The predicted molar refractivity (Wildman–Crippen MR) is 204 cm³/mol. The van der Waals surface area contributed by atoms with E-state index in [0.717, 1.165) is 22.3 Å². The number of phosphoric acid groups is 2. The van der Waals surface area contributed by atoms with Gasteiger partial charge in [-0.15, -0.1) is 0 Å². The van der Waals surface area contributed by atoms with E-state index in [9.17, 15) is 18.9 Å². The van der Waals surface area contributed by atoms with Crippen LogP contribution in [-0.2, 0) is 30.8 Å². The zero-order valence-corrected chi connectivity index (χ0v) is 36.1. The molecule has 272 valence electrons. The van der Waals surface area contributed by atoms with Crippen LogP contribution in [0.5, 0.6) is 23.0 Å². The van der Waals surface area contributed by atoms with Crippen molar-refractivity contribution in [3.63, 3.8) is 0 Å². The molecule has 4 aromatic carbocycles. The predicted octanol–water partition coefficient (Wildman–Crippen LogP) is 10.0. The molecule has 0 saturated heterocycles. The molecule has 4 rings (SSSR count). The third kappa shape index (κ3) is 14.9. The van der Waals surface area contributed by atoms with Crippen molar-refractivity contribution in [1.29, 1.82) is 0 Å². The minimum Gasteiger partial charge on any atom is -0.736 e. The number of benzene rings is 4. The van der Waals surface area contributed by atoms with Gasteiger partial charge in [-0.3, -0.25) is 0 Å². The minimum absolute atomic E-state index is 0. The summed E-state index contributed by atoms with van der Waals surface area (Å²) in [7, 11) is -9.00. The Balaban J connectivity index is 0.000000347. The van der Waals surface area contributed by atoms with Gasteiger partial charge in [0.2, 0.25) is 0 Å². The van der Waals surface area contributed by atoms with E-state index < -0.39 is 15.6 Å². The van der Waals surface area contributed by atoms with Crippen LogP contribution in [-0.4, -0.2) is 37.7 Å². The fraction of sp³-hybridized carbons (Fsp3) is 0.400. The average Bonchev–Trinajstić information content (AvgIpc) is 2.96. The second kappa shape index (κ2) is 17.2. The normalized spacial score (nSPS) is 12.5. The van der Waals surface area contributed by atoms with Gasteiger partial charge >= 0.3 is 53.4 Å². The topological polar surface area (TPSA) is 117 Å². The molecule has 0 aliphatic carbocycles. The van der Waals surface area contributed by atoms with E-state index in [-0.39, 0.29) is 82.4 Å². The van der Waals surface area contributed by atoms with Crippen LogP contribution >= 0.6 is 15.6 Å². The molecule has 0 bridgehead atoms. The molecular weight excluding hydrogens is 710 g/mol. The van der Waals surface area contributed by atoms with Gasteiger partial charge in [-0.2, -0.15) is 0 Å². The fourth-order valence-electron chi connectivity index (χ4n) is 4.62. The number of phosphoric ester groups is 2. The Hall–Kier alpha value is -2.28. The van der Waals surface area contributed by atoms with E-state index in [1.54, 1.807) is 48.5 Å². The second-order valence-corrected chi connectivity index (χ2v) is 18.9. The molecule has 0 aliphatic rings. The summed E-state index contributed by atoms with van der Waals surface area (Å²) in [5, 5.41) is 0. The van der Waals surface area contributed by atoms with Crippen LogP contribution in [0.1, 0.15) is 105 Å². The Bertz CT molecular complexity index is 1520. The SMILES string of the molecule is CC(C)(C)c1ccc(OP(=O)([O-])Oc2ccc(C(C)(C)C)cc2)cc1.CC(C)(C)c1ccc(OP(=O)([O-])Oc2ccc(C(C)(C)C)cc2)cc1.[Ca+2]. The smallest absolute Gasteiger partial charge is 0.736 e. The Kier molecular flexibility index (Phi) is 15.2. The summed E-state index contributed by atoms with van der Waals surface area (Å²) in [6.07, 6.45) is 0. The second-order valence-electron chi connectivity index (χ2n) is 16.4. The van der Waals surface area contributed by atoms with E-state index in [1.807, 2.05) is 48.5 Å².